The maximum absolute atomic E-state index is 6.19. The Balaban J connectivity index is 1.97. The first-order valence-electron chi connectivity index (χ1n) is 6.49. The number of rotatable bonds is 6. The van der Waals surface area contributed by atoms with Gasteiger partial charge in [0, 0.05) is 22.6 Å². The Kier molecular flexibility index (Phi) is 5.91. The lowest BCUT2D eigenvalue weighted by molar-refractivity contribution is 0.354. The largest absolute Gasteiger partial charge is 0.493 e. The third-order valence-corrected chi connectivity index (χ3v) is 3.95. The fourth-order valence-corrected chi connectivity index (χ4v) is 2.74. The first-order valence-corrected chi connectivity index (χ1v) is 7.66. The Morgan fingerprint density at radius 2 is 1.76 bits per heavy atom. The van der Waals surface area contributed by atoms with Gasteiger partial charge < -0.3 is 14.8 Å². The first kappa shape index (κ1) is 16.1. The Hall–Kier alpha value is -1.23. The van der Waals surface area contributed by atoms with Gasteiger partial charge in [0.1, 0.15) is 0 Å². The van der Waals surface area contributed by atoms with Crippen LogP contribution in [0, 0.1) is 0 Å². The zero-order chi connectivity index (χ0) is 15.2. The predicted octanol–water partition coefficient (Wildman–Crippen LogP) is 4.41. The van der Waals surface area contributed by atoms with Gasteiger partial charge >= 0.3 is 0 Å². The van der Waals surface area contributed by atoms with Crippen LogP contribution in [-0.2, 0) is 13.1 Å². The molecule has 0 saturated carbocycles. The molecule has 0 spiro atoms. The van der Waals surface area contributed by atoms with E-state index in [2.05, 4.69) is 21.2 Å². The van der Waals surface area contributed by atoms with E-state index in [0.717, 1.165) is 38.7 Å². The van der Waals surface area contributed by atoms with Gasteiger partial charge in [-0.15, -0.1) is 0 Å². The summed E-state index contributed by atoms with van der Waals surface area (Å²) in [6.07, 6.45) is 0. The monoisotopic (exact) mass is 369 g/mol. The lowest BCUT2D eigenvalue weighted by Gasteiger charge is -2.11. The van der Waals surface area contributed by atoms with Crippen molar-refractivity contribution < 1.29 is 9.47 Å². The molecule has 3 nitrogen and oxygen atoms in total. The summed E-state index contributed by atoms with van der Waals surface area (Å²) in [5.74, 6) is 1.47. The van der Waals surface area contributed by atoms with Gasteiger partial charge in [0.2, 0.25) is 0 Å². The predicted molar refractivity (Wildman–Crippen MR) is 89.2 cm³/mol. The van der Waals surface area contributed by atoms with Crippen LogP contribution in [0.3, 0.4) is 0 Å². The van der Waals surface area contributed by atoms with Crippen LogP contribution in [0.15, 0.2) is 40.9 Å². The summed E-state index contributed by atoms with van der Waals surface area (Å²) in [6.45, 7) is 1.44. The zero-order valence-electron chi connectivity index (χ0n) is 12.0. The molecule has 0 unspecified atom stereocenters. The van der Waals surface area contributed by atoms with Crippen LogP contribution in [0.2, 0.25) is 5.02 Å². The molecule has 0 heterocycles. The maximum atomic E-state index is 6.19. The average molecular weight is 371 g/mol. The van der Waals surface area contributed by atoms with E-state index < -0.39 is 0 Å². The Labute approximate surface area is 138 Å². The van der Waals surface area contributed by atoms with Gasteiger partial charge in [-0.1, -0.05) is 39.7 Å². The number of hydrogen-bond acceptors (Lipinski definition) is 3. The minimum absolute atomic E-state index is 0.709. The van der Waals surface area contributed by atoms with Crippen LogP contribution in [0.5, 0.6) is 11.5 Å². The number of ether oxygens (including phenoxy) is 2. The van der Waals surface area contributed by atoms with E-state index >= 15 is 0 Å². The van der Waals surface area contributed by atoms with E-state index in [-0.39, 0.29) is 0 Å². The highest BCUT2D eigenvalue weighted by atomic mass is 79.9. The van der Waals surface area contributed by atoms with E-state index in [0.29, 0.717) is 6.54 Å². The van der Waals surface area contributed by atoms with Crippen molar-refractivity contribution in [1.29, 1.82) is 0 Å². The molecule has 1 N–H and O–H groups in total. The number of methoxy groups -OCH3 is 2. The molecule has 0 amide bonds. The quantitative estimate of drug-likeness (QED) is 0.817. The van der Waals surface area contributed by atoms with Crippen molar-refractivity contribution >= 4 is 27.5 Å². The fourth-order valence-electron chi connectivity index (χ4n) is 2.00. The van der Waals surface area contributed by atoms with Gasteiger partial charge in [-0.05, 0) is 35.4 Å². The van der Waals surface area contributed by atoms with Gasteiger partial charge in [-0.2, -0.15) is 0 Å². The van der Waals surface area contributed by atoms with E-state index in [1.807, 2.05) is 36.4 Å². The van der Waals surface area contributed by atoms with Crippen molar-refractivity contribution in [3.05, 3.63) is 57.0 Å². The standard InChI is InChI=1S/C16H17BrClNO2/c1-20-15-6-3-11(7-16(15)21-2)9-19-10-12-4-5-13(17)8-14(12)18/h3-8,19H,9-10H2,1-2H3. The number of benzene rings is 2. The molecule has 0 bridgehead atoms. The van der Waals surface area contributed by atoms with Gasteiger partial charge in [0.15, 0.2) is 11.5 Å². The molecule has 5 heteroatoms. The molecule has 21 heavy (non-hydrogen) atoms. The van der Waals surface area contributed by atoms with Gasteiger partial charge in [-0.25, -0.2) is 0 Å². The summed E-state index contributed by atoms with van der Waals surface area (Å²) >= 11 is 9.59. The molecule has 0 aromatic heterocycles. The van der Waals surface area contributed by atoms with Crippen LogP contribution in [0.1, 0.15) is 11.1 Å². The van der Waals surface area contributed by atoms with Crippen molar-refractivity contribution in [2.75, 3.05) is 14.2 Å². The van der Waals surface area contributed by atoms with Crippen LogP contribution < -0.4 is 14.8 Å². The second kappa shape index (κ2) is 7.69. The molecule has 2 aromatic carbocycles. The lowest BCUT2D eigenvalue weighted by Crippen LogP contribution is -2.13. The van der Waals surface area contributed by atoms with Crippen molar-refractivity contribution in [3.63, 3.8) is 0 Å². The van der Waals surface area contributed by atoms with Crippen molar-refractivity contribution in [3.8, 4) is 11.5 Å². The molecule has 0 aliphatic rings. The van der Waals surface area contributed by atoms with Gasteiger partial charge in [0.05, 0.1) is 14.2 Å². The number of nitrogens with one attached hydrogen (secondary N) is 1. The molecular formula is C16H17BrClNO2. The second-order valence-corrected chi connectivity index (χ2v) is 5.85. The average Bonchev–Trinajstić information content (AvgIpc) is 2.49. The molecule has 2 rings (SSSR count). The van der Waals surface area contributed by atoms with Crippen molar-refractivity contribution in [2.45, 2.75) is 13.1 Å². The second-order valence-electron chi connectivity index (χ2n) is 4.53. The fraction of sp³-hybridized carbons (Fsp3) is 0.250. The zero-order valence-corrected chi connectivity index (χ0v) is 14.3. The topological polar surface area (TPSA) is 30.5 Å². The minimum atomic E-state index is 0.709. The molecule has 2 aromatic rings. The first-order chi connectivity index (χ1) is 10.1. The highest BCUT2D eigenvalue weighted by molar-refractivity contribution is 9.10. The maximum Gasteiger partial charge on any atom is 0.161 e. The van der Waals surface area contributed by atoms with E-state index in [1.165, 1.54) is 0 Å². The van der Waals surface area contributed by atoms with Gasteiger partial charge in [-0.3, -0.25) is 0 Å². The summed E-state index contributed by atoms with van der Waals surface area (Å²) in [4.78, 5) is 0. The summed E-state index contributed by atoms with van der Waals surface area (Å²) in [5, 5.41) is 4.12. The number of hydrogen-bond donors (Lipinski definition) is 1. The Morgan fingerprint density at radius 3 is 2.43 bits per heavy atom. The lowest BCUT2D eigenvalue weighted by atomic mass is 10.2. The molecule has 0 atom stereocenters. The minimum Gasteiger partial charge on any atom is -0.493 e. The van der Waals surface area contributed by atoms with Crippen LogP contribution >= 0.6 is 27.5 Å². The third kappa shape index (κ3) is 4.37. The van der Waals surface area contributed by atoms with Gasteiger partial charge in [0.25, 0.3) is 0 Å². The SMILES string of the molecule is COc1ccc(CNCc2ccc(Br)cc2Cl)cc1OC. The third-order valence-electron chi connectivity index (χ3n) is 3.11. The molecule has 0 aliphatic carbocycles. The molecule has 0 fully saturated rings. The molecule has 112 valence electrons. The summed E-state index contributed by atoms with van der Waals surface area (Å²) in [5.41, 5.74) is 2.20. The van der Waals surface area contributed by atoms with E-state index in [1.54, 1.807) is 14.2 Å². The van der Waals surface area contributed by atoms with E-state index in [9.17, 15) is 0 Å². The van der Waals surface area contributed by atoms with Crippen LogP contribution in [0.25, 0.3) is 0 Å². The molecule has 0 radical (unpaired) electrons. The molecule has 0 saturated heterocycles. The Morgan fingerprint density at radius 1 is 1.00 bits per heavy atom. The molecule has 0 aliphatic heterocycles. The normalized spacial score (nSPS) is 10.5. The van der Waals surface area contributed by atoms with Crippen molar-refractivity contribution in [1.82, 2.24) is 5.32 Å². The summed E-state index contributed by atoms with van der Waals surface area (Å²) in [7, 11) is 3.27. The van der Waals surface area contributed by atoms with Crippen LogP contribution in [-0.4, -0.2) is 14.2 Å². The summed E-state index contributed by atoms with van der Waals surface area (Å²) < 4.78 is 11.5. The van der Waals surface area contributed by atoms with Crippen molar-refractivity contribution in [2.24, 2.45) is 0 Å². The number of halogens is 2. The highest BCUT2D eigenvalue weighted by Crippen LogP contribution is 2.27. The van der Waals surface area contributed by atoms with Crippen LogP contribution in [0.4, 0.5) is 0 Å². The molecular weight excluding hydrogens is 354 g/mol. The highest BCUT2D eigenvalue weighted by Gasteiger charge is 2.05. The smallest absolute Gasteiger partial charge is 0.161 e. The van der Waals surface area contributed by atoms with E-state index in [4.69, 9.17) is 21.1 Å². The summed E-state index contributed by atoms with van der Waals surface area (Å²) in [6, 6.07) is 11.8. The Bertz CT molecular complexity index is 619.